The van der Waals surface area contributed by atoms with Crippen LogP contribution in [0.2, 0.25) is 0 Å². The van der Waals surface area contributed by atoms with Gasteiger partial charge in [0.25, 0.3) is 0 Å². The standard InChI is InChI=1S/C18H21NO4/c1-2-23-18(22)15-5-3-13(4-6-15)14-7-9-16(10-8-14)19-11-17(21)12-20/h3-10,17,19-21H,2,11-12H2,1H3. The Labute approximate surface area is 135 Å². The molecule has 0 aliphatic carbocycles. The Morgan fingerprint density at radius 1 is 1.09 bits per heavy atom. The molecule has 1 unspecified atom stereocenters. The Bertz CT molecular complexity index is 622. The van der Waals surface area contributed by atoms with E-state index in [1.54, 1.807) is 19.1 Å². The first kappa shape index (κ1) is 17.0. The van der Waals surface area contributed by atoms with E-state index in [0.717, 1.165) is 16.8 Å². The predicted octanol–water partition coefficient (Wildman–Crippen LogP) is 2.30. The zero-order valence-corrected chi connectivity index (χ0v) is 13.0. The molecule has 0 saturated carbocycles. The van der Waals surface area contributed by atoms with Crippen molar-refractivity contribution in [1.29, 1.82) is 0 Å². The fourth-order valence-corrected chi connectivity index (χ4v) is 2.09. The summed E-state index contributed by atoms with van der Waals surface area (Å²) < 4.78 is 4.96. The fourth-order valence-electron chi connectivity index (χ4n) is 2.09. The minimum Gasteiger partial charge on any atom is -0.462 e. The number of carbonyl (C=O) groups is 1. The lowest BCUT2D eigenvalue weighted by Gasteiger charge is -2.11. The number of anilines is 1. The number of hydrogen-bond donors (Lipinski definition) is 3. The topological polar surface area (TPSA) is 78.8 Å². The SMILES string of the molecule is CCOC(=O)c1ccc(-c2ccc(NCC(O)CO)cc2)cc1. The molecule has 0 amide bonds. The van der Waals surface area contributed by atoms with Gasteiger partial charge in [-0.3, -0.25) is 0 Å². The summed E-state index contributed by atoms with van der Waals surface area (Å²) in [6, 6.07) is 15.0. The Balaban J connectivity index is 2.03. The molecule has 23 heavy (non-hydrogen) atoms. The molecule has 122 valence electrons. The predicted molar refractivity (Wildman–Crippen MR) is 89.4 cm³/mol. The van der Waals surface area contributed by atoms with Crippen molar-refractivity contribution in [2.75, 3.05) is 25.1 Å². The van der Waals surface area contributed by atoms with Crippen LogP contribution in [-0.2, 0) is 4.74 Å². The number of benzene rings is 2. The minimum atomic E-state index is -0.773. The van der Waals surface area contributed by atoms with Crippen LogP contribution in [0.3, 0.4) is 0 Å². The van der Waals surface area contributed by atoms with Crippen LogP contribution in [0, 0.1) is 0 Å². The Morgan fingerprint density at radius 3 is 2.17 bits per heavy atom. The van der Waals surface area contributed by atoms with Crippen LogP contribution >= 0.6 is 0 Å². The van der Waals surface area contributed by atoms with Gasteiger partial charge >= 0.3 is 5.97 Å². The maximum Gasteiger partial charge on any atom is 0.338 e. The van der Waals surface area contributed by atoms with Gasteiger partial charge in [0, 0.05) is 12.2 Å². The lowest BCUT2D eigenvalue weighted by Crippen LogP contribution is -2.22. The van der Waals surface area contributed by atoms with Gasteiger partial charge in [0.1, 0.15) is 0 Å². The van der Waals surface area contributed by atoms with Crippen molar-refractivity contribution in [1.82, 2.24) is 0 Å². The molecule has 0 heterocycles. The molecule has 0 radical (unpaired) electrons. The van der Waals surface area contributed by atoms with E-state index >= 15 is 0 Å². The van der Waals surface area contributed by atoms with E-state index in [9.17, 15) is 9.90 Å². The minimum absolute atomic E-state index is 0.266. The first-order chi connectivity index (χ1) is 11.1. The summed E-state index contributed by atoms with van der Waals surface area (Å²) in [6.07, 6.45) is -0.773. The number of aliphatic hydroxyl groups excluding tert-OH is 2. The van der Waals surface area contributed by atoms with E-state index in [2.05, 4.69) is 5.32 Å². The normalized spacial score (nSPS) is 11.8. The fraction of sp³-hybridized carbons (Fsp3) is 0.278. The van der Waals surface area contributed by atoms with Gasteiger partial charge in [-0.25, -0.2) is 4.79 Å². The van der Waals surface area contributed by atoms with Gasteiger partial charge in [-0.1, -0.05) is 24.3 Å². The maximum absolute atomic E-state index is 11.6. The van der Waals surface area contributed by atoms with Crippen molar-refractivity contribution in [3.05, 3.63) is 54.1 Å². The van der Waals surface area contributed by atoms with Crippen LogP contribution in [-0.4, -0.2) is 42.0 Å². The second-order valence-corrected chi connectivity index (χ2v) is 5.09. The van der Waals surface area contributed by atoms with E-state index in [1.807, 2.05) is 36.4 Å². The second kappa shape index (κ2) is 8.31. The number of hydrogen-bond acceptors (Lipinski definition) is 5. The lowest BCUT2D eigenvalue weighted by atomic mass is 10.0. The molecule has 0 aliphatic rings. The summed E-state index contributed by atoms with van der Waals surface area (Å²) in [7, 11) is 0. The molecule has 0 aliphatic heterocycles. The van der Waals surface area contributed by atoms with Gasteiger partial charge in [0.2, 0.25) is 0 Å². The summed E-state index contributed by atoms with van der Waals surface area (Å²) in [5, 5.41) is 21.1. The summed E-state index contributed by atoms with van der Waals surface area (Å²) >= 11 is 0. The summed E-state index contributed by atoms with van der Waals surface area (Å²) in [5.74, 6) is -0.318. The molecule has 1 atom stereocenters. The van der Waals surface area contributed by atoms with E-state index < -0.39 is 6.10 Å². The third kappa shape index (κ3) is 4.81. The first-order valence-corrected chi connectivity index (χ1v) is 7.54. The van der Waals surface area contributed by atoms with Gasteiger partial charge in [0.15, 0.2) is 0 Å². The number of nitrogens with one attached hydrogen (secondary N) is 1. The zero-order valence-electron chi connectivity index (χ0n) is 13.0. The Kier molecular flexibility index (Phi) is 6.14. The molecule has 0 spiro atoms. The number of ether oxygens (including phenoxy) is 1. The third-order valence-electron chi connectivity index (χ3n) is 3.37. The van der Waals surface area contributed by atoms with Crippen LogP contribution in [0.4, 0.5) is 5.69 Å². The monoisotopic (exact) mass is 315 g/mol. The van der Waals surface area contributed by atoms with Crippen LogP contribution in [0.1, 0.15) is 17.3 Å². The smallest absolute Gasteiger partial charge is 0.338 e. The highest BCUT2D eigenvalue weighted by Gasteiger charge is 2.06. The number of rotatable bonds is 7. The number of aliphatic hydroxyl groups is 2. The highest BCUT2D eigenvalue weighted by atomic mass is 16.5. The second-order valence-electron chi connectivity index (χ2n) is 5.09. The molecule has 2 aromatic rings. The highest BCUT2D eigenvalue weighted by Crippen LogP contribution is 2.22. The average Bonchev–Trinajstić information content (AvgIpc) is 2.60. The molecule has 3 N–H and O–H groups in total. The molecule has 2 aromatic carbocycles. The molecular weight excluding hydrogens is 294 g/mol. The Hall–Kier alpha value is -2.37. The van der Waals surface area contributed by atoms with Gasteiger partial charge in [-0.05, 0) is 42.3 Å². The van der Waals surface area contributed by atoms with Crippen molar-refractivity contribution in [3.63, 3.8) is 0 Å². The van der Waals surface area contributed by atoms with E-state index in [0.29, 0.717) is 18.7 Å². The summed E-state index contributed by atoms with van der Waals surface area (Å²) in [5.41, 5.74) is 3.42. The highest BCUT2D eigenvalue weighted by molar-refractivity contribution is 5.90. The van der Waals surface area contributed by atoms with Crippen LogP contribution in [0.5, 0.6) is 0 Å². The largest absolute Gasteiger partial charge is 0.462 e. The molecule has 2 rings (SSSR count). The molecule has 0 bridgehead atoms. The quantitative estimate of drug-likeness (QED) is 0.683. The average molecular weight is 315 g/mol. The van der Waals surface area contributed by atoms with Crippen molar-refractivity contribution < 1.29 is 19.7 Å². The number of carbonyl (C=O) groups excluding carboxylic acids is 1. The van der Waals surface area contributed by atoms with Gasteiger partial charge in [-0.15, -0.1) is 0 Å². The lowest BCUT2D eigenvalue weighted by molar-refractivity contribution is 0.0526. The van der Waals surface area contributed by atoms with Gasteiger partial charge in [0.05, 0.1) is 24.9 Å². The van der Waals surface area contributed by atoms with Crippen LogP contribution in [0.25, 0.3) is 11.1 Å². The van der Waals surface area contributed by atoms with Crippen molar-refractivity contribution >= 4 is 11.7 Å². The summed E-state index contributed by atoms with van der Waals surface area (Å²) in [4.78, 5) is 11.6. The van der Waals surface area contributed by atoms with Crippen molar-refractivity contribution in [3.8, 4) is 11.1 Å². The molecule has 0 saturated heterocycles. The van der Waals surface area contributed by atoms with E-state index in [-0.39, 0.29) is 12.6 Å². The summed E-state index contributed by atoms with van der Waals surface area (Å²) in [6.45, 7) is 2.17. The third-order valence-corrected chi connectivity index (χ3v) is 3.37. The number of esters is 1. The Morgan fingerprint density at radius 2 is 1.65 bits per heavy atom. The maximum atomic E-state index is 11.6. The van der Waals surface area contributed by atoms with Crippen LogP contribution < -0.4 is 5.32 Å². The van der Waals surface area contributed by atoms with Crippen molar-refractivity contribution in [2.24, 2.45) is 0 Å². The van der Waals surface area contributed by atoms with Crippen molar-refractivity contribution in [2.45, 2.75) is 13.0 Å². The molecule has 0 aromatic heterocycles. The molecule has 5 heteroatoms. The molecular formula is C18H21NO4. The van der Waals surface area contributed by atoms with E-state index in [1.165, 1.54) is 0 Å². The molecule has 5 nitrogen and oxygen atoms in total. The van der Waals surface area contributed by atoms with Crippen LogP contribution in [0.15, 0.2) is 48.5 Å². The van der Waals surface area contributed by atoms with Gasteiger partial charge in [-0.2, -0.15) is 0 Å². The molecule has 0 fully saturated rings. The van der Waals surface area contributed by atoms with Gasteiger partial charge < -0.3 is 20.3 Å². The first-order valence-electron chi connectivity index (χ1n) is 7.54. The van der Waals surface area contributed by atoms with E-state index in [4.69, 9.17) is 9.84 Å². The zero-order chi connectivity index (χ0) is 16.7.